The summed E-state index contributed by atoms with van der Waals surface area (Å²) in [7, 11) is 0. The predicted molar refractivity (Wildman–Crippen MR) is 59.8 cm³/mol. The molecule has 0 aliphatic carbocycles. The van der Waals surface area contributed by atoms with E-state index in [-0.39, 0.29) is 5.91 Å². The summed E-state index contributed by atoms with van der Waals surface area (Å²) in [6.07, 6.45) is 5.22. The first-order valence-corrected chi connectivity index (χ1v) is 6.12. The summed E-state index contributed by atoms with van der Waals surface area (Å²) in [5, 5.41) is 1.95. The third kappa shape index (κ3) is 1.66. The molecule has 1 amide bonds. The highest BCUT2D eigenvalue weighted by atomic mass is 32.2. The average Bonchev–Trinajstić information content (AvgIpc) is 2.59. The van der Waals surface area contributed by atoms with Crippen LogP contribution < -0.4 is 0 Å². The Labute approximate surface area is 91.3 Å². The number of thiophene rings is 1. The molecule has 0 fully saturated rings. The van der Waals surface area contributed by atoms with Crippen LogP contribution in [0.15, 0.2) is 15.7 Å². The van der Waals surface area contributed by atoms with Crippen LogP contribution >= 0.6 is 23.1 Å². The van der Waals surface area contributed by atoms with E-state index in [1.807, 2.05) is 11.4 Å². The van der Waals surface area contributed by atoms with E-state index in [4.69, 9.17) is 6.42 Å². The Balaban J connectivity index is 2.30. The molecule has 2 heterocycles. The molecule has 0 saturated carbocycles. The highest BCUT2D eigenvalue weighted by Crippen LogP contribution is 2.31. The smallest absolute Gasteiger partial charge is 0.256 e. The van der Waals surface area contributed by atoms with E-state index in [9.17, 15) is 4.79 Å². The minimum atomic E-state index is 0.0733. The summed E-state index contributed by atoms with van der Waals surface area (Å²) < 4.78 is 1.12. The number of terminal acetylenes is 1. The summed E-state index contributed by atoms with van der Waals surface area (Å²) in [6, 6.07) is 1.88. The van der Waals surface area contributed by atoms with Gasteiger partial charge in [0.25, 0.3) is 5.91 Å². The van der Waals surface area contributed by atoms with Crippen LogP contribution in [0.25, 0.3) is 0 Å². The number of hydrogen-bond donors (Lipinski definition) is 0. The topological polar surface area (TPSA) is 20.3 Å². The molecule has 0 N–H and O–H groups in total. The molecule has 0 aromatic carbocycles. The molecule has 0 spiro atoms. The Hall–Kier alpha value is -0.920. The van der Waals surface area contributed by atoms with E-state index >= 15 is 0 Å². The largest absolute Gasteiger partial charge is 0.327 e. The van der Waals surface area contributed by atoms with E-state index in [1.165, 1.54) is 0 Å². The Morgan fingerprint density at radius 1 is 1.64 bits per heavy atom. The van der Waals surface area contributed by atoms with Crippen LogP contribution in [-0.2, 0) is 0 Å². The number of amides is 1. The SMILES string of the molecule is C#CCN1CCSc2sccc2C1=O. The highest BCUT2D eigenvalue weighted by Gasteiger charge is 2.22. The number of carbonyl (C=O) groups is 1. The van der Waals surface area contributed by atoms with Crippen molar-refractivity contribution in [3.63, 3.8) is 0 Å². The van der Waals surface area contributed by atoms with Crippen LogP contribution in [0, 0.1) is 12.3 Å². The Morgan fingerprint density at radius 3 is 3.29 bits per heavy atom. The fourth-order valence-electron chi connectivity index (χ4n) is 1.35. The lowest BCUT2D eigenvalue weighted by atomic mass is 10.3. The van der Waals surface area contributed by atoms with Crippen LogP contribution in [0.1, 0.15) is 10.4 Å². The summed E-state index contributed by atoms with van der Waals surface area (Å²) in [4.78, 5) is 13.6. The Kier molecular flexibility index (Phi) is 2.80. The van der Waals surface area contributed by atoms with Crippen molar-refractivity contribution in [1.29, 1.82) is 0 Å². The molecule has 1 aliphatic rings. The fraction of sp³-hybridized carbons (Fsp3) is 0.300. The third-order valence-corrected chi connectivity index (χ3v) is 4.24. The number of thioether (sulfide) groups is 1. The van der Waals surface area contributed by atoms with Gasteiger partial charge in [-0.25, -0.2) is 0 Å². The maximum absolute atomic E-state index is 11.9. The molecule has 0 unspecified atom stereocenters. The number of fused-ring (bicyclic) bond motifs is 1. The van der Waals surface area contributed by atoms with Crippen LogP contribution in [-0.4, -0.2) is 29.6 Å². The van der Waals surface area contributed by atoms with E-state index in [0.717, 1.165) is 22.1 Å². The highest BCUT2D eigenvalue weighted by molar-refractivity contribution is 8.01. The van der Waals surface area contributed by atoms with Crippen molar-refractivity contribution >= 4 is 29.0 Å². The second kappa shape index (κ2) is 4.07. The zero-order valence-electron chi connectivity index (χ0n) is 7.53. The molecular weight excluding hydrogens is 214 g/mol. The molecular formula is C10H9NOS2. The first kappa shape index (κ1) is 9.63. The van der Waals surface area contributed by atoms with E-state index in [0.29, 0.717) is 6.54 Å². The van der Waals surface area contributed by atoms with Crippen LogP contribution in [0.5, 0.6) is 0 Å². The van der Waals surface area contributed by atoms with Crippen LogP contribution in [0.4, 0.5) is 0 Å². The lowest BCUT2D eigenvalue weighted by molar-refractivity contribution is 0.0786. The second-order valence-electron chi connectivity index (χ2n) is 2.90. The van der Waals surface area contributed by atoms with Gasteiger partial charge in [-0.05, 0) is 11.4 Å². The van der Waals surface area contributed by atoms with Crippen molar-refractivity contribution in [1.82, 2.24) is 4.90 Å². The normalized spacial score (nSPS) is 15.9. The van der Waals surface area contributed by atoms with Crippen molar-refractivity contribution in [3.8, 4) is 12.3 Å². The molecule has 0 radical (unpaired) electrons. The van der Waals surface area contributed by atoms with Gasteiger partial charge in [0.2, 0.25) is 0 Å². The molecule has 0 atom stereocenters. The summed E-state index contributed by atoms with van der Waals surface area (Å²) in [5.41, 5.74) is 0.813. The molecule has 72 valence electrons. The summed E-state index contributed by atoms with van der Waals surface area (Å²) >= 11 is 3.36. The average molecular weight is 223 g/mol. The molecule has 0 bridgehead atoms. The van der Waals surface area contributed by atoms with Crippen molar-refractivity contribution < 1.29 is 4.79 Å². The van der Waals surface area contributed by atoms with Gasteiger partial charge in [-0.15, -0.1) is 29.5 Å². The van der Waals surface area contributed by atoms with Crippen molar-refractivity contribution in [2.45, 2.75) is 4.21 Å². The lowest BCUT2D eigenvalue weighted by Gasteiger charge is -2.16. The first-order valence-electron chi connectivity index (χ1n) is 4.26. The van der Waals surface area contributed by atoms with Gasteiger partial charge >= 0.3 is 0 Å². The van der Waals surface area contributed by atoms with E-state index in [1.54, 1.807) is 28.0 Å². The predicted octanol–water partition coefficient (Wildman–Crippen LogP) is 1.93. The van der Waals surface area contributed by atoms with Gasteiger partial charge in [0.05, 0.1) is 16.3 Å². The molecule has 4 heteroatoms. The maximum atomic E-state index is 11.9. The van der Waals surface area contributed by atoms with Crippen molar-refractivity contribution in [2.24, 2.45) is 0 Å². The van der Waals surface area contributed by atoms with Gasteiger partial charge in [0.15, 0.2) is 0 Å². The van der Waals surface area contributed by atoms with Gasteiger partial charge in [-0.1, -0.05) is 5.92 Å². The van der Waals surface area contributed by atoms with Gasteiger partial charge in [0, 0.05) is 12.3 Å². The zero-order valence-corrected chi connectivity index (χ0v) is 9.16. The second-order valence-corrected chi connectivity index (χ2v) is 5.18. The number of hydrogen-bond acceptors (Lipinski definition) is 3. The molecule has 14 heavy (non-hydrogen) atoms. The molecule has 1 aromatic heterocycles. The minimum Gasteiger partial charge on any atom is -0.327 e. The Morgan fingerprint density at radius 2 is 2.50 bits per heavy atom. The standard InChI is InChI=1S/C10H9NOS2/c1-2-4-11-5-7-14-10-8(9(11)12)3-6-13-10/h1,3,6H,4-5,7H2. The first-order chi connectivity index (χ1) is 6.83. The van der Waals surface area contributed by atoms with Crippen molar-refractivity contribution in [2.75, 3.05) is 18.8 Å². The van der Waals surface area contributed by atoms with Gasteiger partial charge in [-0.3, -0.25) is 4.79 Å². The van der Waals surface area contributed by atoms with Gasteiger partial charge in [0.1, 0.15) is 0 Å². The number of nitrogens with zero attached hydrogens (tertiary/aromatic N) is 1. The van der Waals surface area contributed by atoms with E-state index in [2.05, 4.69) is 5.92 Å². The number of carbonyl (C=O) groups excluding carboxylic acids is 1. The number of rotatable bonds is 1. The molecule has 1 aromatic rings. The minimum absolute atomic E-state index is 0.0733. The van der Waals surface area contributed by atoms with Crippen molar-refractivity contribution in [3.05, 3.63) is 17.0 Å². The molecule has 0 saturated heterocycles. The third-order valence-electron chi connectivity index (χ3n) is 2.02. The molecule has 2 nitrogen and oxygen atoms in total. The molecule has 2 rings (SSSR count). The van der Waals surface area contributed by atoms with Gasteiger partial charge < -0.3 is 4.90 Å². The Bertz CT molecular complexity index is 391. The summed E-state index contributed by atoms with van der Waals surface area (Å²) in [6.45, 7) is 1.16. The zero-order chi connectivity index (χ0) is 9.97. The maximum Gasteiger partial charge on any atom is 0.256 e. The summed E-state index contributed by atoms with van der Waals surface area (Å²) in [5.74, 6) is 3.52. The lowest BCUT2D eigenvalue weighted by Crippen LogP contribution is -2.31. The van der Waals surface area contributed by atoms with Crippen LogP contribution in [0.3, 0.4) is 0 Å². The molecule has 1 aliphatic heterocycles. The quantitative estimate of drug-likeness (QED) is 0.678. The van der Waals surface area contributed by atoms with E-state index < -0.39 is 0 Å². The monoisotopic (exact) mass is 223 g/mol. The van der Waals surface area contributed by atoms with Gasteiger partial charge in [-0.2, -0.15) is 0 Å². The van der Waals surface area contributed by atoms with Crippen LogP contribution in [0.2, 0.25) is 0 Å². The fourth-order valence-corrected chi connectivity index (χ4v) is 3.45.